The van der Waals surface area contributed by atoms with Crippen LogP contribution in [0.15, 0.2) is 82.2 Å². The minimum absolute atomic E-state index is 0.202. The fourth-order valence-corrected chi connectivity index (χ4v) is 4.60. The maximum atomic E-state index is 13.0. The predicted molar refractivity (Wildman–Crippen MR) is 137 cm³/mol. The average Bonchev–Trinajstić information content (AvgIpc) is 3.06. The topological polar surface area (TPSA) is 75.7 Å². The summed E-state index contributed by atoms with van der Waals surface area (Å²) in [5.74, 6) is -0.236. The third kappa shape index (κ3) is 5.95. The van der Waals surface area contributed by atoms with Crippen LogP contribution in [-0.2, 0) is 16.1 Å². The summed E-state index contributed by atoms with van der Waals surface area (Å²) in [5, 5.41) is 2.44. The van der Waals surface area contributed by atoms with Gasteiger partial charge in [0.2, 0.25) is 0 Å². The Morgan fingerprint density at radius 3 is 2.62 bits per heavy atom. The zero-order valence-corrected chi connectivity index (χ0v) is 20.7. The molecule has 0 aromatic heterocycles. The van der Waals surface area contributed by atoms with Crippen molar-refractivity contribution < 1.29 is 19.1 Å². The second-order valence-electron chi connectivity index (χ2n) is 7.64. The highest BCUT2D eigenvalue weighted by Crippen LogP contribution is 2.35. The minimum atomic E-state index is -0.357. The van der Waals surface area contributed by atoms with Crippen molar-refractivity contribution in [3.63, 3.8) is 0 Å². The predicted octanol–water partition coefficient (Wildman–Crippen LogP) is 6.01. The molecule has 0 bridgehead atoms. The number of halogens is 1. The van der Waals surface area contributed by atoms with Gasteiger partial charge in [-0.3, -0.25) is 19.3 Å². The SMILES string of the molecule is Cc1cccc(CN2C(=O)S/C(=C\c3cc(Br)ccc3OCC(=O)Nc3ccccc3)C2=O)c1. The molecule has 172 valence electrons. The number of nitrogens with zero attached hydrogens (tertiary/aromatic N) is 1. The summed E-state index contributed by atoms with van der Waals surface area (Å²) in [6.07, 6.45) is 1.62. The summed E-state index contributed by atoms with van der Waals surface area (Å²) < 4.78 is 6.51. The van der Waals surface area contributed by atoms with Gasteiger partial charge in [-0.15, -0.1) is 0 Å². The molecule has 0 unspecified atom stereocenters. The summed E-state index contributed by atoms with van der Waals surface area (Å²) >= 11 is 4.32. The van der Waals surface area contributed by atoms with Gasteiger partial charge in [0.1, 0.15) is 5.75 Å². The molecule has 1 aliphatic rings. The van der Waals surface area contributed by atoms with Crippen molar-refractivity contribution in [2.75, 3.05) is 11.9 Å². The Labute approximate surface area is 210 Å². The van der Waals surface area contributed by atoms with Crippen LogP contribution in [-0.4, -0.2) is 28.6 Å². The van der Waals surface area contributed by atoms with E-state index >= 15 is 0 Å². The van der Waals surface area contributed by atoms with Gasteiger partial charge < -0.3 is 10.1 Å². The maximum absolute atomic E-state index is 13.0. The Morgan fingerprint density at radius 1 is 1.06 bits per heavy atom. The monoisotopic (exact) mass is 536 g/mol. The van der Waals surface area contributed by atoms with Crippen LogP contribution in [0.3, 0.4) is 0 Å². The van der Waals surface area contributed by atoms with E-state index in [1.54, 1.807) is 36.4 Å². The van der Waals surface area contributed by atoms with Crippen LogP contribution in [0.5, 0.6) is 5.75 Å². The van der Waals surface area contributed by atoms with E-state index in [1.165, 1.54) is 4.90 Å². The highest BCUT2D eigenvalue weighted by molar-refractivity contribution is 9.10. The van der Waals surface area contributed by atoms with Crippen LogP contribution >= 0.6 is 27.7 Å². The lowest BCUT2D eigenvalue weighted by molar-refractivity contribution is -0.123. The van der Waals surface area contributed by atoms with Crippen molar-refractivity contribution >= 4 is 56.5 Å². The lowest BCUT2D eigenvalue weighted by Crippen LogP contribution is -2.27. The van der Waals surface area contributed by atoms with Gasteiger partial charge in [-0.2, -0.15) is 0 Å². The molecule has 4 rings (SSSR count). The highest BCUT2D eigenvalue weighted by atomic mass is 79.9. The van der Waals surface area contributed by atoms with Gasteiger partial charge in [0.05, 0.1) is 11.4 Å². The third-order valence-corrected chi connectivity index (χ3v) is 6.37. The van der Waals surface area contributed by atoms with E-state index in [0.29, 0.717) is 21.9 Å². The van der Waals surface area contributed by atoms with Gasteiger partial charge in [0.15, 0.2) is 6.61 Å². The highest BCUT2D eigenvalue weighted by Gasteiger charge is 2.35. The molecule has 3 aromatic carbocycles. The second kappa shape index (κ2) is 10.7. The molecular formula is C26H21BrN2O4S. The number of para-hydroxylation sites is 1. The molecule has 1 N–H and O–H groups in total. The molecule has 3 amide bonds. The van der Waals surface area contributed by atoms with Crippen molar-refractivity contribution in [2.24, 2.45) is 0 Å². The summed E-state index contributed by atoms with van der Waals surface area (Å²) in [6.45, 7) is 1.98. The number of hydrogen-bond donors (Lipinski definition) is 1. The zero-order valence-electron chi connectivity index (χ0n) is 18.3. The van der Waals surface area contributed by atoms with Crippen molar-refractivity contribution in [1.29, 1.82) is 0 Å². The summed E-state index contributed by atoms with van der Waals surface area (Å²) in [7, 11) is 0. The average molecular weight is 537 g/mol. The number of benzene rings is 3. The van der Waals surface area contributed by atoms with E-state index < -0.39 is 0 Å². The van der Waals surface area contributed by atoms with E-state index in [-0.39, 0.29) is 30.2 Å². The smallest absolute Gasteiger partial charge is 0.293 e. The van der Waals surface area contributed by atoms with Crippen molar-refractivity contribution in [2.45, 2.75) is 13.5 Å². The number of amides is 3. The molecule has 0 aliphatic carbocycles. The van der Waals surface area contributed by atoms with Crippen LogP contribution in [0.1, 0.15) is 16.7 Å². The number of carbonyl (C=O) groups is 3. The van der Waals surface area contributed by atoms with Crippen LogP contribution < -0.4 is 10.1 Å². The molecule has 1 aliphatic heterocycles. The Bertz CT molecular complexity index is 1280. The first-order chi connectivity index (χ1) is 16.4. The van der Waals surface area contributed by atoms with Crippen molar-refractivity contribution in [3.8, 4) is 5.75 Å². The summed E-state index contributed by atoms with van der Waals surface area (Å²) in [4.78, 5) is 39.3. The van der Waals surface area contributed by atoms with Crippen LogP contribution in [0.4, 0.5) is 10.5 Å². The van der Waals surface area contributed by atoms with E-state index in [9.17, 15) is 14.4 Å². The Kier molecular flexibility index (Phi) is 7.49. The number of imide groups is 1. The van der Waals surface area contributed by atoms with E-state index in [4.69, 9.17) is 4.74 Å². The number of carbonyl (C=O) groups excluding carboxylic acids is 3. The van der Waals surface area contributed by atoms with Crippen LogP contribution in [0.25, 0.3) is 6.08 Å². The van der Waals surface area contributed by atoms with Gasteiger partial charge >= 0.3 is 0 Å². The quantitative estimate of drug-likeness (QED) is 0.374. The first kappa shape index (κ1) is 23.8. The van der Waals surface area contributed by atoms with E-state index in [0.717, 1.165) is 27.4 Å². The second-order valence-corrected chi connectivity index (χ2v) is 9.55. The Morgan fingerprint density at radius 2 is 1.85 bits per heavy atom. The molecule has 0 saturated carbocycles. The molecule has 3 aromatic rings. The number of rotatable bonds is 7. The Hall–Kier alpha value is -3.36. The van der Waals surface area contributed by atoms with Gasteiger partial charge in [-0.25, -0.2) is 0 Å². The van der Waals surface area contributed by atoms with E-state index in [2.05, 4.69) is 21.2 Å². The van der Waals surface area contributed by atoms with Gasteiger partial charge in [-0.1, -0.05) is 64.0 Å². The van der Waals surface area contributed by atoms with Crippen molar-refractivity contribution in [3.05, 3.63) is 98.9 Å². The van der Waals surface area contributed by atoms with E-state index in [1.807, 2.05) is 49.4 Å². The molecule has 8 heteroatoms. The maximum Gasteiger partial charge on any atom is 0.293 e. The lowest BCUT2D eigenvalue weighted by atomic mass is 10.1. The fraction of sp³-hybridized carbons (Fsp3) is 0.115. The van der Waals surface area contributed by atoms with Crippen molar-refractivity contribution in [1.82, 2.24) is 4.90 Å². The molecule has 6 nitrogen and oxygen atoms in total. The normalized spacial score (nSPS) is 14.5. The van der Waals surface area contributed by atoms with Gasteiger partial charge in [-0.05, 0) is 60.7 Å². The molecule has 0 spiro atoms. The number of nitrogens with one attached hydrogen (secondary N) is 1. The zero-order chi connectivity index (χ0) is 24.1. The third-order valence-electron chi connectivity index (χ3n) is 4.97. The van der Waals surface area contributed by atoms with Gasteiger partial charge in [0.25, 0.3) is 17.1 Å². The van der Waals surface area contributed by atoms with Gasteiger partial charge in [0, 0.05) is 15.7 Å². The lowest BCUT2D eigenvalue weighted by Gasteiger charge is -2.13. The fourth-order valence-electron chi connectivity index (χ4n) is 3.40. The number of ether oxygens (including phenoxy) is 1. The first-order valence-electron chi connectivity index (χ1n) is 10.5. The Balaban J connectivity index is 1.48. The summed E-state index contributed by atoms with van der Waals surface area (Å²) in [6, 6.07) is 22.1. The molecule has 1 fully saturated rings. The molecule has 34 heavy (non-hydrogen) atoms. The first-order valence-corrected chi connectivity index (χ1v) is 12.1. The number of aryl methyl sites for hydroxylation is 1. The number of hydrogen-bond acceptors (Lipinski definition) is 5. The van der Waals surface area contributed by atoms with Crippen LogP contribution in [0.2, 0.25) is 0 Å². The minimum Gasteiger partial charge on any atom is -0.483 e. The number of thioether (sulfide) groups is 1. The largest absolute Gasteiger partial charge is 0.483 e. The molecule has 1 saturated heterocycles. The molecular weight excluding hydrogens is 516 g/mol. The molecule has 0 radical (unpaired) electrons. The molecule has 1 heterocycles. The standard InChI is InChI=1S/C26H21BrN2O4S/c1-17-6-5-7-18(12-17)15-29-25(31)23(34-26(29)32)14-19-13-20(27)10-11-22(19)33-16-24(30)28-21-8-3-2-4-9-21/h2-14H,15-16H2,1H3,(H,28,30)/b23-14-. The molecule has 0 atom stereocenters. The summed E-state index contributed by atoms with van der Waals surface area (Å²) in [5.41, 5.74) is 3.21. The van der Waals surface area contributed by atoms with Crippen LogP contribution in [0, 0.1) is 6.92 Å². The number of anilines is 1.